The van der Waals surface area contributed by atoms with Crippen LogP contribution >= 0.6 is 0 Å². The maximum atomic E-state index is 14.5. The number of carbonyl (C=O) groups excluding carboxylic acids is 1. The van der Waals surface area contributed by atoms with E-state index in [2.05, 4.69) is 21.5 Å². The van der Waals surface area contributed by atoms with Crippen LogP contribution < -0.4 is 13.8 Å². The highest BCUT2D eigenvalue weighted by Gasteiger charge is 2.36. The van der Waals surface area contributed by atoms with E-state index in [1.807, 2.05) is 0 Å². The average Bonchev–Trinajstić information content (AvgIpc) is 2.70. The van der Waals surface area contributed by atoms with Gasteiger partial charge in [-0.1, -0.05) is 12.1 Å². The lowest BCUT2D eigenvalue weighted by atomic mass is 10.1. The molecule has 13 heteroatoms. The highest BCUT2D eigenvalue weighted by Crippen LogP contribution is 2.30. The van der Waals surface area contributed by atoms with Gasteiger partial charge in [-0.25, -0.2) is 12.8 Å². The maximum absolute atomic E-state index is 14.5. The standard InChI is InChI=1S/C16H15F3N4O5S/c1-4-8-23(29(25,26)14(18)19)11-9(6-5-7-10(11)17)12(24)13-20-15(27-2)22-16(21-13)28-3/h4-7,14H,1,8H2,2-3H3. The van der Waals surface area contributed by atoms with Gasteiger partial charge >= 0.3 is 17.8 Å². The fourth-order valence-corrected chi connectivity index (χ4v) is 3.18. The van der Waals surface area contributed by atoms with Gasteiger partial charge in [0.25, 0.3) is 10.0 Å². The molecule has 0 unspecified atom stereocenters. The van der Waals surface area contributed by atoms with Crippen molar-refractivity contribution in [2.45, 2.75) is 5.76 Å². The lowest BCUT2D eigenvalue weighted by Gasteiger charge is -2.24. The fourth-order valence-electron chi connectivity index (χ4n) is 2.23. The first-order valence-corrected chi connectivity index (χ1v) is 9.25. The summed E-state index contributed by atoms with van der Waals surface area (Å²) >= 11 is 0. The summed E-state index contributed by atoms with van der Waals surface area (Å²) in [4.78, 5) is 24.0. The van der Waals surface area contributed by atoms with Crippen LogP contribution in [0.3, 0.4) is 0 Å². The average molecular weight is 432 g/mol. The second-order valence-corrected chi connectivity index (χ2v) is 7.05. The summed E-state index contributed by atoms with van der Waals surface area (Å²) < 4.78 is 74.6. The molecule has 2 aromatic rings. The number of ether oxygens (including phenoxy) is 2. The number of benzene rings is 1. The normalized spacial score (nSPS) is 11.2. The van der Waals surface area contributed by atoms with E-state index in [4.69, 9.17) is 9.47 Å². The first-order chi connectivity index (χ1) is 13.7. The lowest BCUT2D eigenvalue weighted by Crippen LogP contribution is -2.37. The molecular formula is C16H15F3N4O5S. The van der Waals surface area contributed by atoms with Crippen LogP contribution in [0, 0.1) is 5.82 Å². The zero-order chi connectivity index (χ0) is 21.8. The molecule has 0 aliphatic rings. The van der Waals surface area contributed by atoms with Crippen molar-refractivity contribution >= 4 is 21.5 Å². The van der Waals surface area contributed by atoms with Gasteiger partial charge in [-0.15, -0.1) is 11.6 Å². The number of rotatable bonds is 9. The molecule has 0 fully saturated rings. The summed E-state index contributed by atoms with van der Waals surface area (Å²) in [6.45, 7) is 2.57. The number of ketones is 1. The topological polar surface area (TPSA) is 112 Å². The van der Waals surface area contributed by atoms with Crippen LogP contribution in [0.4, 0.5) is 18.9 Å². The monoisotopic (exact) mass is 432 g/mol. The molecule has 0 bridgehead atoms. The van der Waals surface area contributed by atoms with Crippen molar-refractivity contribution in [3.05, 3.63) is 48.1 Å². The highest BCUT2D eigenvalue weighted by molar-refractivity contribution is 7.93. The molecule has 156 valence electrons. The fraction of sp³-hybridized carbons (Fsp3) is 0.250. The van der Waals surface area contributed by atoms with Gasteiger partial charge in [0, 0.05) is 0 Å². The van der Waals surface area contributed by atoms with Gasteiger partial charge < -0.3 is 9.47 Å². The highest BCUT2D eigenvalue weighted by atomic mass is 32.2. The molecule has 0 saturated carbocycles. The van der Waals surface area contributed by atoms with Crippen molar-refractivity contribution < 1.29 is 35.9 Å². The third-order valence-electron chi connectivity index (χ3n) is 3.47. The van der Waals surface area contributed by atoms with Gasteiger partial charge in [-0.05, 0) is 12.1 Å². The molecule has 0 aliphatic heterocycles. The van der Waals surface area contributed by atoms with Crippen molar-refractivity contribution in [2.24, 2.45) is 0 Å². The second kappa shape index (κ2) is 8.86. The van der Waals surface area contributed by atoms with E-state index in [-0.39, 0.29) is 16.3 Å². The van der Waals surface area contributed by atoms with E-state index in [9.17, 15) is 26.4 Å². The smallest absolute Gasteiger partial charge is 0.355 e. The van der Waals surface area contributed by atoms with Crippen LogP contribution in [0.1, 0.15) is 16.2 Å². The van der Waals surface area contributed by atoms with Gasteiger partial charge in [0.2, 0.25) is 11.6 Å². The minimum absolute atomic E-state index is 0.0584. The number of anilines is 1. The van der Waals surface area contributed by atoms with E-state index in [0.717, 1.165) is 24.3 Å². The number of para-hydroxylation sites is 1. The molecule has 0 aliphatic carbocycles. The third kappa shape index (κ3) is 4.45. The molecule has 2 rings (SSSR count). The van der Waals surface area contributed by atoms with Crippen LogP contribution in [-0.2, 0) is 10.0 Å². The van der Waals surface area contributed by atoms with Crippen molar-refractivity contribution in [2.75, 3.05) is 25.1 Å². The number of halogens is 3. The molecular weight excluding hydrogens is 417 g/mol. The Hall–Kier alpha value is -3.22. The number of aromatic nitrogens is 3. The number of methoxy groups -OCH3 is 2. The predicted octanol–water partition coefficient (Wildman–Crippen LogP) is 1.80. The Morgan fingerprint density at radius 1 is 1.21 bits per heavy atom. The number of nitrogens with zero attached hydrogens (tertiary/aromatic N) is 4. The lowest BCUT2D eigenvalue weighted by molar-refractivity contribution is 0.102. The molecule has 1 heterocycles. The Morgan fingerprint density at radius 2 is 1.79 bits per heavy atom. The van der Waals surface area contributed by atoms with Gasteiger partial charge in [0.05, 0.1) is 32.0 Å². The SMILES string of the molecule is C=CCN(c1c(F)cccc1C(=O)c1nc(OC)nc(OC)n1)S(=O)(=O)C(F)F. The number of sulfonamides is 1. The van der Waals surface area contributed by atoms with Crippen LogP contribution in [0.2, 0.25) is 0 Å². The zero-order valence-electron chi connectivity index (χ0n) is 15.2. The zero-order valence-corrected chi connectivity index (χ0v) is 16.0. The minimum Gasteiger partial charge on any atom is -0.467 e. The Bertz CT molecular complexity index is 1010. The Kier molecular flexibility index (Phi) is 6.74. The predicted molar refractivity (Wildman–Crippen MR) is 95.2 cm³/mol. The van der Waals surface area contributed by atoms with Crippen LogP contribution in [0.5, 0.6) is 12.0 Å². The summed E-state index contributed by atoms with van der Waals surface area (Å²) in [7, 11) is -2.89. The van der Waals surface area contributed by atoms with E-state index >= 15 is 0 Å². The van der Waals surface area contributed by atoms with Crippen LogP contribution in [-0.4, -0.2) is 55.7 Å². The van der Waals surface area contributed by atoms with Crippen molar-refractivity contribution in [1.82, 2.24) is 15.0 Å². The molecule has 1 aromatic carbocycles. The quantitative estimate of drug-likeness (QED) is 0.436. The van der Waals surface area contributed by atoms with Crippen molar-refractivity contribution in [3.8, 4) is 12.0 Å². The van der Waals surface area contributed by atoms with Crippen LogP contribution in [0.15, 0.2) is 30.9 Å². The largest absolute Gasteiger partial charge is 0.467 e. The van der Waals surface area contributed by atoms with E-state index < -0.39 is 51.0 Å². The number of alkyl halides is 2. The summed E-state index contributed by atoms with van der Waals surface area (Å²) in [5.41, 5.74) is -1.47. The molecule has 0 atom stereocenters. The third-order valence-corrected chi connectivity index (χ3v) is 4.87. The number of hydrogen-bond acceptors (Lipinski definition) is 8. The molecule has 0 spiro atoms. The first kappa shape index (κ1) is 22.1. The summed E-state index contributed by atoms with van der Waals surface area (Å²) in [5.74, 6) is -6.73. The Morgan fingerprint density at radius 3 is 2.28 bits per heavy atom. The van der Waals surface area contributed by atoms with Gasteiger partial charge in [-0.3, -0.25) is 9.10 Å². The minimum atomic E-state index is -5.31. The number of hydrogen-bond donors (Lipinski definition) is 0. The number of carbonyl (C=O) groups is 1. The summed E-state index contributed by atoms with van der Waals surface area (Å²) in [6, 6.07) is 2.35. The Labute approximate surface area is 163 Å². The first-order valence-electron chi connectivity index (χ1n) is 7.75. The molecule has 0 radical (unpaired) electrons. The van der Waals surface area contributed by atoms with Crippen molar-refractivity contribution in [3.63, 3.8) is 0 Å². The van der Waals surface area contributed by atoms with E-state index in [0.29, 0.717) is 0 Å². The van der Waals surface area contributed by atoms with Gasteiger partial charge in [0.15, 0.2) is 0 Å². The van der Waals surface area contributed by atoms with Gasteiger partial charge in [-0.2, -0.15) is 18.7 Å². The molecule has 0 N–H and O–H groups in total. The molecule has 1 aromatic heterocycles. The molecule has 29 heavy (non-hydrogen) atoms. The maximum Gasteiger partial charge on any atom is 0.355 e. The second-order valence-electron chi connectivity index (χ2n) is 5.22. The molecule has 9 nitrogen and oxygen atoms in total. The van der Waals surface area contributed by atoms with Gasteiger partial charge in [0.1, 0.15) is 5.82 Å². The molecule has 0 amide bonds. The van der Waals surface area contributed by atoms with Crippen LogP contribution in [0.25, 0.3) is 0 Å². The summed E-state index contributed by atoms with van der Waals surface area (Å²) in [6.07, 6.45) is 0.968. The van der Waals surface area contributed by atoms with Crippen molar-refractivity contribution in [1.29, 1.82) is 0 Å². The summed E-state index contributed by atoms with van der Waals surface area (Å²) in [5, 5.41) is 0. The Balaban J connectivity index is 2.71. The molecule has 0 saturated heterocycles. The van der Waals surface area contributed by atoms with E-state index in [1.54, 1.807) is 0 Å². The van der Waals surface area contributed by atoms with E-state index in [1.165, 1.54) is 14.2 Å².